The van der Waals surface area contributed by atoms with Crippen LogP contribution in [-0.4, -0.2) is 27.8 Å². The Morgan fingerprint density at radius 2 is 2.14 bits per heavy atom. The van der Waals surface area contributed by atoms with Crippen LogP contribution in [0.4, 0.5) is 5.69 Å². The summed E-state index contributed by atoms with van der Waals surface area (Å²) in [6.45, 7) is 6.33. The largest absolute Gasteiger partial charge is 0.287 e. The summed E-state index contributed by atoms with van der Waals surface area (Å²) in [4.78, 5) is 19.6. The van der Waals surface area contributed by atoms with Crippen molar-refractivity contribution >= 4 is 28.5 Å². The first-order valence-electron chi connectivity index (χ1n) is 8.22. The third-order valence-electron chi connectivity index (χ3n) is 4.71. The van der Waals surface area contributed by atoms with Crippen LogP contribution in [0.5, 0.6) is 0 Å². The van der Waals surface area contributed by atoms with Crippen molar-refractivity contribution < 1.29 is 4.79 Å². The van der Waals surface area contributed by atoms with Crippen LogP contribution in [-0.2, 0) is 4.79 Å². The Morgan fingerprint density at radius 3 is 2.73 bits per heavy atom. The molecule has 2 aliphatic rings. The molecule has 1 saturated heterocycles. The number of carbonyl (C=O) groups is 1. The van der Waals surface area contributed by atoms with Gasteiger partial charge in [0.05, 0.1) is 5.69 Å². The van der Waals surface area contributed by atoms with E-state index in [-0.39, 0.29) is 5.92 Å². The second-order valence-electron chi connectivity index (χ2n) is 6.39. The van der Waals surface area contributed by atoms with Gasteiger partial charge in [0.15, 0.2) is 5.17 Å². The highest BCUT2D eigenvalue weighted by molar-refractivity contribution is 8.14. The number of carbonyl (C=O) groups excluding carboxylic acids is 1. The van der Waals surface area contributed by atoms with Crippen molar-refractivity contribution in [1.82, 2.24) is 4.90 Å². The Kier molecular flexibility index (Phi) is 4.57. The first-order valence-corrected chi connectivity index (χ1v) is 9.20. The highest BCUT2D eigenvalue weighted by Crippen LogP contribution is 2.35. The highest BCUT2D eigenvalue weighted by atomic mass is 32.2. The van der Waals surface area contributed by atoms with Crippen molar-refractivity contribution in [2.75, 3.05) is 5.75 Å². The molecule has 1 aliphatic carbocycles. The van der Waals surface area contributed by atoms with Crippen molar-refractivity contribution in [2.45, 2.75) is 52.5 Å². The minimum atomic E-state index is 0.233. The molecule has 3 rings (SSSR count). The standard InChI is InChI=1S/C18H24N2OS/c1-4-15-11-22-18(20(15)17(21)14-6-5-7-14)19-16-9-8-12(2)10-13(16)3/h8-10,14-15H,4-7,11H2,1-3H3/t15-/m0/s1. The molecule has 22 heavy (non-hydrogen) atoms. The molecule has 2 fully saturated rings. The topological polar surface area (TPSA) is 32.7 Å². The summed E-state index contributed by atoms with van der Waals surface area (Å²) < 4.78 is 0. The molecular formula is C18H24N2OS. The number of aliphatic imine (C=N–C) groups is 1. The average Bonchev–Trinajstić information content (AvgIpc) is 2.82. The molecule has 0 unspecified atom stereocenters. The van der Waals surface area contributed by atoms with Gasteiger partial charge in [0.1, 0.15) is 0 Å². The monoisotopic (exact) mass is 316 g/mol. The number of amidine groups is 1. The fourth-order valence-electron chi connectivity index (χ4n) is 3.02. The molecule has 0 bridgehead atoms. The van der Waals surface area contributed by atoms with Gasteiger partial charge >= 0.3 is 0 Å². The first kappa shape index (κ1) is 15.6. The van der Waals surface area contributed by atoms with Gasteiger partial charge in [0.2, 0.25) is 5.91 Å². The summed E-state index contributed by atoms with van der Waals surface area (Å²) >= 11 is 1.73. The van der Waals surface area contributed by atoms with Gasteiger partial charge in [-0.15, -0.1) is 0 Å². The van der Waals surface area contributed by atoms with E-state index in [4.69, 9.17) is 4.99 Å². The molecule has 1 aliphatic heterocycles. The van der Waals surface area contributed by atoms with Crippen LogP contribution in [0.25, 0.3) is 0 Å². The first-order chi connectivity index (χ1) is 10.6. The van der Waals surface area contributed by atoms with Gasteiger partial charge in [0, 0.05) is 17.7 Å². The maximum atomic E-state index is 12.8. The van der Waals surface area contributed by atoms with Crippen molar-refractivity contribution in [1.29, 1.82) is 0 Å². The minimum Gasteiger partial charge on any atom is -0.287 e. The average molecular weight is 316 g/mol. The van der Waals surface area contributed by atoms with Crippen LogP contribution in [0.3, 0.4) is 0 Å². The molecule has 0 aromatic heterocycles. The Morgan fingerprint density at radius 1 is 1.36 bits per heavy atom. The normalized spacial score (nSPS) is 23.9. The summed E-state index contributed by atoms with van der Waals surface area (Å²) in [7, 11) is 0. The maximum absolute atomic E-state index is 12.8. The van der Waals surface area contributed by atoms with Crippen molar-refractivity contribution in [3.63, 3.8) is 0 Å². The number of aryl methyl sites for hydroxylation is 2. The summed E-state index contributed by atoms with van der Waals surface area (Å²) in [6.07, 6.45) is 4.29. The summed E-state index contributed by atoms with van der Waals surface area (Å²) in [6, 6.07) is 6.60. The molecule has 0 spiro atoms. The molecule has 1 saturated carbocycles. The van der Waals surface area contributed by atoms with E-state index in [0.717, 1.165) is 35.9 Å². The van der Waals surface area contributed by atoms with Crippen LogP contribution in [0.1, 0.15) is 43.7 Å². The van der Waals surface area contributed by atoms with Crippen molar-refractivity contribution in [2.24, 2.45) is 10.9 Å². The molecule has 1 atom stereocenters. The van der Waals surface area contributed by atoms with Gasteiger partial charge < -0.3 is 0 Å². The predicted molar refractivity (Wildman–Crippen MR) is 93.7 cm³/mol. The Balaban J connectivity index is 1.89. The lowest BCUT2D eigenvalue weighted by atomic mass is 9.84. The third-order valence-corrected chi connectivity index (χ3v) is 5.81. The zero-order valence-electron chi connectivity index (χ0n) is 13.6. The summed E-state index contributed by atoms with van der Waals surface area (Å²) in [5.74, 6) is 1.50. The van der Waals surface area contributed by atoms with E-state index in [2.05, 4.69) is 39.0 Å². The van der Waals surface area contributed by atoms with E-state index in [9.17, 15) is 4.79 Å². The van der Waals surface area contributed by atoms with E-state index in [0.29, 0.717) is 11.9 Å². The molecular weight excluding hydrogens is 292 g/mol. The second kappa shape index (κ2) is 6.45. The van der Waals surface area contributed by atoms with Crippen LogP contribution < -0.4 is 0 Å². The Hall–Kier alpha value is -1.29. The van der Waals surface area contributed by atoms with Gasteiger partial charge in [0.25, 0.3) is 0 Å². The smallest absolute Gasteiger partial charge is 0.231 e. The molecule has 3 nitrogen and oxygen atoms in total. The number of amides is 1. The van der Waals surface area contributed by atoms with Crippen molar-refractivity contribution in [3.05, 3.63) is 29.3 Å². The molecule has 1 aromatic rings. The zero-order valence-corrected chi connectivity index (χ0v) is 14.4. The van der Waals surface area contributed by atoms with Gasteiger partial charge in [-0.25, -0.2) is 4.99 Å². The van der Waals surface area contributed by atoms with Gasteiger partial charge in [-0.1, -0.05) is 42.8 Å². The lowest BCUT2D eigenvalue weighted by Gasteiger charge is -2.32. The Bertz CT molecular complexity index is 607. The van der Waals surface area contributed by atoms with E-state index >= 15 is 0 Å². The van der Waals surface area contributed by atoms with Crippen LogP contribution in [0, 0.1) is 19.8 Å². The van der Waals surface area contributed by atoms with E-state index in [1.165, 1.54) is 17.5 Å². The number of rotatable bonds is 3. The van der Waals surface area contributed by atoms with Crippen LogP contribution in [0.2, 0.25) is 0 Å². The molecule has 118 valence electrons. The summed E-state index contributed by atoms with van der Waals surface area (Å²) in [5, 5.41) is 0.899. The van der Waals surface area contributed by atoms with Crippen LogP contribution >= 0.6 is 11.8 Å². The number of nitrogens with zero attached hydrogens (tertiary/aromatic N) is 2. The fraction of sp³-hybridized carbons (Fsp3) is 0.556. The SMILES string of the molecule is CC[C@H]1CSC(=Nc2ccc(C)cc2C)N1C(=O)C1CCC1. The van der Waals surface area contributed by atoms with Gasteiger partial charge in [-0.3, -0.25) is 9.69 Å². The molecule has 1 aromatic carbocycles. The maximum Gasteiger partial charge on any atom is 0.231 e. The number of thioether (sulfide) groups is 1. The van der Waals surface area contributed by atoms with Gasteiger partial charge in [-0.2, -0.15) is 0 Å². The quantitative estimate of drug-likeness (QED) is 0.825. The second-order valence-corrected chi connectivity index (χ2v) is 7.38. The van der Waals surface area contributed by atoms with Crippen molar-refractivity contribution in [3.8, 4) is 0 Å². The Labute approximate surface area is 137 Å². The number of hydrogen-bond donors (Lipinski definition) is 0. The molecule has 1 heterocycles. The van der Waals surface area contributed by atoms with E-state index in [1.807, 2.05) is 4.90 Å². The van der Waals surface area contributed by atoms with Crippen LogP contribution in [0.15, 0.2) is 23.2 Å². The lowest BCUT2D eigenvalue weighted by Crippen LogP contribution is -2.44. The number of benzene rings is 1. The predicted octanol–water partition coefficient (Wildman–Crippen LogP) is 4.45. The third kappa shape index (κ3) is 2.94. The highest BCUT2D eigenvalue weighted by Gasteiger charge is 2.39. The molecule has 4 heteroatoms. The zero-order chi connectivity index (χ0) is 15.7. The summed E-state index contributed by atoms with van der Waals surface area (Å²) in [5.41, 5.74) is 3.40. The van der Waals surface area contributed by atoms with E-state index in [1.54, 1.807) is 11.8 Å². The molecule has 0 radical (unpaired) electrons. The molecule has 0 N–H and O–H groups in total. The molecule has 1 amide bonds. The number of hydrogen-bond acceptors (Lipinski definition) is 3. The lowest BCUT2D eigenvalue weighted by molar-refractivity contribution is -0.135. The van der Waals surface area contributed by atoms with Gasteiger partial charge in [-0.05, 0) is 44.7 Å². The minimum absolute atomic E-state index is 0.233. The fourth-order valence-corrected chi connectivity index (χ4v) is 4.28. The van der Waals surface area contributed by atoms with E-state index < -0.39 is 0 Å².